The minimum Gasteiger partial charge on any atom is -0.343 e. The highest BCUT2D eigenvalue weighted by Crippen LogP contribution is 2.41. The van der Waals surface area contributed by atoms with Gasteiger partial charge in [-0.05, 0) is 75.7 Å². The number of amides is 1. The quantitative estimate of drug-likeness (QED) is 0.860. The number of rotatable bonds is 3. The van der Waals surface area contributed by atoms with E-state index in [1.54, 1.807) is 6.20 Å². The maximum Gasteiger partial charge on any atom is 0.222 e. The van der Waals surface area contributed by atoms with Crippen molar-refractivity contribution >= 4 is 5.91 Å². The van der Waals surface area contributed by atoms with Crippen molar-refractivity contribution < 1.29 is 4.79 Å². The molecule has 23 heavy (non-hydrogen) atoms. The number of hydrogen-bond acceptors (Lipinski definition) is 3. The van der Waals surface area contributed by atoms with Gasteiger partial charge in [0.15, 0.2) is 0 Å². The van der Waals surface area contributed by atoms with E-state index in [0.717, 1.165) is 25.1 Å². The Morgan fingerprint density at radius 2 is 1.96 bits per heavy atom. The first-order valence-corrected chi connectivity index (χ1v) is 9.02. The molecule has 2 aliphatic heterocycles. The molecule has 1 aromatic heterocycles. The molecule has 2 fully saturated rings. The summed E-state index contributed by atoms with van der Waals surface area (Å²) in [6.45, 7) is 4.36. The van der Waals surface area contributed by atoms with E-state index in [1.807, 2.05) is 18.3 Å². The van der Waals surface area contributed by atoms with Gasteiger partial charge in [0.2, 0.25) is 5.91 Å². The molecule has 1 aromatic rings. The number of nitrogens with zero attached hydrogens (tertiary/aromatic N) is 3. The van der Waals surface area contributed by atoms with Crippen LogP contribution in [-0.2, 0) is 11.2 Å². The Hall–Kier alpha value is -1.42. The number of pyridine rings is 1. The molecule has 3 heterocycles. The summed E-state index contributed by atoms with van der Waals surface area (Å²) in [4.78, 5) is 21.1. The smallest absolute Gasteiger partial charge is 0.222 e. The van der Waals surface area contributed by atoms with Gasteiger partial charge >= 0.3 is 0 Å². The fourth-order valence-electron chi connectivity index (χ4n) is 4.07. The van der Waals surface area contributed by atoms with Crippen LogP contribution in [0.4, 0.5) is 0 Å². The fraction of sp³-hybridized carbons (Fsp3) is 0.684. The van der Waals surface area contributed by atoms with Crippen LogP contribution in [0.1, 0.15) is 44.1 Å². The third-order valence-electron chi connectivity index (χ3n) is 5.80. The van der Waals surface area contributed by atoms with E-state index in [4.69, 9.17) is 0 Å². The maximum atomic E-state index is 12.5. The highest BCUT2D eigenvalue weighted by molar-refractivity contribution is 5.76. The molecule has 0 aliphatic carbocycles. The molecule has 126 valence electrons. The van der Waals surface area contributed by atoms with E-state index in [0.29, 0.717) is 17.7 Å². The van der Waals surface area contributed by atoms with Gasteiger partial charge in [-0.15, -0.1) is 0 Å². The monoisotopic (exact) mass is 315 g/mol. The first kappa shape index (κ1) is 16.4. The average Bonchev–Trinajstić information content (AvgIpc) is 2.76. The van der Waals surface area contributed by atoms with Gasteiger partial charge < -0.3 is 9.80 Å². The third-order valence-corrected chi connectivity index (χ3v) is 5.80. The number of carbonyl (C=O) groups is 1. The standard InChI is InChI=1S/C19H29N3O/c1-21-12-3-7-19(8-13-21)9-14-22(15-10-19)18(23)6-5-17-4-2-11-20-16-17/h2,4,11,16H,3,5-10,12-15H2,1H3. The lowest BCUT2D eigenvalue weighted by Crippen LogP contribution is -2.43. The highest BCUT2D eigenvalue weighted by Gasteiger charge is 2.36. The van der Waals surface area contributed by atoms with E-state index in [2.05, 4.69) is 21.8 Å². The Kier molecular flexibility index (Phi) is 5.31. The van der Waals surface area contributed by atoms with Crippen LogP contribution in [0.25, 0.3) is 0 Å². The number of carbonyl (C=O) groups excluding carboxylic acids is 1. The highest BCUT2D eigenvalue weighted by atomic mass is 16.2. The largest absolute Gasteiger partial charge is 0.343 e. The van der Waals surface area contributed by atoms with Crippen LogP contribution in [0.15, 0.2) is 24.5 Å². The summed E-state index contributed by atoms with van der Waals surface area (Å²) in [5, 5.41) is 0. The molecule has 1 amide bonds. The van der Waals surface area contributed by atoms with E-state index >= 15 is 0 Å². The molecule has 1 spiro atoms. The van der Waals surface area contributed by atoms with Crippen molar-refractivity contribution in [3.8, 4) is 0 Å². The van der Waals surface area contributed by atoms with Crippen molar-refractivity contribution in [3.05, 3.63) is 30.1 Å². The van der Waals surface area contributed by atoms with Gasteiger partial charge in [0, 0.05) is 31.9 Å². The van der Waals surface area contributed by atoms with Crippen LogP contribution >= 0.6 is 0 Å². The van der Waals surface area contributed by atoms with Gasteiger partial charge in [-0.1, -0.05) is 6.07 Å². The molecule has 0 aromatic carbocycles. The summed E-state index contributed by atoms with van der Waals surface area (Å²) < 4.78 is 0. The summed E-state index contributed by atoms with van der Waals surface area (Å²) >= 11 is 0. The van der Waals surface area contributed by atoms with Crippen LogP contribution < -0.4 is 0 Å². The first-order valence-electron chi connectivity index (χ1n) is 9.02. The molecule has 0 N–H and O–H groups in total. The summed E-state index contributed by atoms with van der Waals surface area (Å²) in [5.41, 5.74) is 1.66. The Labute approximate surface area is 139 Å². The molecule has 0 saturated carbocycles. The molecule has 4 nitrogen and oxygen atoms in total. The fourth-order valence-corrected chi connectivity index (χ4v) is 4.07. The van der Waals surface area contributed by atoms with Gasteiger partial charge in [-0.2, -0.15) is 0 Å². The maximum absolute atomic E-state index is 12.5. The van der Waals surface area contributed by atoms with Crippen molar-refractivity contribution in [3.63, 3.8) is 0 Å². The number of piperidine rings is 1. The predicted molar refractivity (Wildman–Crippen MR) is 92.2 cm³/mol. The molecular weight excluding hydrogens is 286 g/mol. The second kappa shape index (κ2) is 7.43. The summed E-state index contributed by atoms with van der Waals surface area (Å²) in [6.07, 6.45) is 11.4. The Morgan fingerprint density at radius 3 is 2.70 bits per heavy atom. The van der Waals surface area contributed by atoms with E-state index in [-0.39, 0.29) is 0 Å². The number of aryl methyl sites for hydroxylation is 1. The van der Waals surface area contributed by atoms with Crippen LogP contribution in [0.2, 0.25) is 0 Å². The van der Waals surface area contributed by atoms with Crippen LogP contribution in [-0.4, -0.2) is 53.9 Å². The van der Waals surface area contributed by atoms with Gasteiger partial charge in [0.25, 0.3) is 0 Å². The summed E-state index contributed by atoms with van der Waals surface area (Å²) in [7, 11) is 2.23. The van der Waals surface area contributed by atoms with E-state index in [1.165, 1.54) is 45.2 Å². The Bertz CT molecular complexity index is 509. The molecule has 0 radical (unpaired) electrons. The zero-order chi connectivity index (χ0) is 16.1. The Morgan fingerprint density at radius 1 is 1.17 bits per heavy atom. The van der Waals surface area contributed by atoms with Crippen molar-refractivity contribution in [2.75, 3.05) is 33.2 Å². The molecule has 0 bridgehead atoms. The van der Waals surface area contributed by atoms with Gasteiger partial charge in [-0.25, -0.2) is 0 Å². The molecule has 0 unspecified atom stereocenters. The zero-order valence-corrected chi connectivity index (χ0v) is 14.3. The third kappa shape index (κ3) is 4.31. The molecule has 2 aliphatic rings. The van der Waals surface area contributed by atoms with Crippen LogP contribution in [0.3, 0.4) is 0 Å². The topological polar surface area (TPSA) is 36.4 Å². The molecule has 2 saturated heterocycles. The second-order valence-corrected chi connectivity index (χ2v) is 7.40. The van der Waals surface area contributed by atoms with E-state index in [9.17, 15) is 4.79 Å². The summed E-state index contributed by atoms with van der Waals surface area (Å²) in [6, 6.07) is 3.99. The van der Waals surface area contributed by atoms with Crippen molar-refractivity contribution in [1.82, 2.24) is 14.8 Å². The van der Waals surface area contributed by atoms with Gasteiger partial charge in [-0.3, -0.25) is 9.78 Å². The normalized spacial score (nSPS) is 22.0. The minimum absolute atomic E-state index is 0.314. The molecule has 3 rings (SSSR count). The van der Waals surface area contributed by atoms with E-state index < -0.39 is 0 Å². The SMILES string of the molecule is CN1CCCC2(CC1)CCN(C(=O)CCc1cccnc1)CC2. The summed E-state index contributed by atoms with van der Waals surface area (Å²) in [5.74, 6) is 0.314. The van der Waals surface area contributed by atoms with Crippen molar-refractivity contribution in [2.24, 2.45) is 5.41 Å². The zero-order valence-electron chi connectivity index (χ0n) is 14.3. The van der Waals surface area contributed by atoms with Crippen molar-refractivity contribution in [1.29, 1.82) is 0 Å². The number of likely N-dealkylation sites (tertiary alicyclic amines) is 2. The van der Waals surface area contributed by atoms with Gasteiger partial charge in [0.1, 0.15) is 0 Å². The lowest BCUT2D eigenvalue weighted by molar-refractivity contribution is -0.133. The molecular formula is C19H29N3O. The molecule has 0 atom stereocenters. The lowest BCUT2D eigenvalue weighted by Gasteiger charge is -2.41. The van der Waals surface area contributed by atoms with Gasteiger partial charge in [0.05, 0.1) is 0 Å². The predicted octanol–water partition coefficient (Wildman–Crippen LogP) is 2.74. The minimum atomic E-state index is 0.314. The Balaban J connectivity index is 1.47. The number of aromatic nitrogens is 1. The van der Waals surface area contributed by atoms with Crippen LogP contribution in [0, 0.1) is 5.41 Å². The van der Waals surface area contributed by atoms with Crippen LogP contribution in [0.5, 0.6) is 0 Å². The average molecular weight is 315 g/mol. The lowest BCUT2D eigenvalue weighted by atomic mass is 9.73. The molecule has 4 heteroatoms. The number of hydrogen-bond donors (Lipinski definition) is 0. The first-order chi connectivity index (χ1) is 11.2. The second-order valence-electron chi connectivity index (χ2n) is 7.40. The van der Waals surface area contributed by atoms with Crippen molar-refractivity contribution in [2.45, 2.75) is 44.9 Å².